The number of ether oxygens (including phenoxy) is 2. The van der Waals surface area contributed by atoms with Crippen LogP contribution in [0.25, 0.3) is 6.08 Å². The van der Waals surface area contributed by atoms with Crippen LogP contribution in [0.5, 0.6) is 5.75 Å². The third-order valence-corrected chi connectivity index (χ3v) is 6.17. The molecule has 0 bridgehead atoms. The molecule has 0 radical (unpaired) electrons. The summed E-state index contributed by atoms with van der Waals surface area (Å²) >= 11 is 0. The van der Waals surface area contributed by atoms with Crippen LogP contribution in [0.2, 0.25) is 0 Å². The molecule has 4 rings (SSSR count). The Morgan fingerprint density at radius 3 is 2.53 bits per heavy atom. The predicted molar refractivity (Wildman–Crippen MR) is 116 cm³/mol. The number of fused-ring (bicyclic) bond motifs is 2. The molecule has 0 fully saturated rings. The second-order valence-corrected chi connectivity index (χ2v) is 8.15. The van der Waals surface area contributed by atoms with Gasteiger partial charge in [0.15, 0.2) is 0 Å². The number of methoxy groups -OCH3 is 1. The molecule has 2 aromatic rings. The van der Waals surface area contributed by atoms with E-state index in [4.69, 9.17) is 9.47 Å². The summed E-state index contributed by atoms with van der Waals surface area (Å²) in [6.45, 7) is 4.15. The van der Waals surface area contributed by atoms with Gasteiger partial charge in [0.2, 0.25) is 11.5 Å². The molecule has 0 saturated heterocycles. The van der Waals surface area contributed by atoms with Crippen molar-refractivity contribution in [2.24, 2.45) is 0 Å². The molecule has 1 unspecified atom stereocenters. The molecule has 1 atom stereocenters. The summed E-state index contributed by atoms with van der Waals surface area (Å²) in [5.74, 6) is -0.448. The molecule has 2 aliphatic rings. The smallest absolute Gasteiger partial charge is 0.318 e. The minimum absolute atomic E-state index is 0.0490. The highest BCUT2D eigenvalue weighted by molar-refractivity contribution is 5.77. The van der Waals surface area contributed by atoms with E-state index in [0.29, 0.717) is 0 Å². The third-order valence-electron chi connectivity index (χ3n) is 6.17. The van der Waals surface area contributed by atoms with E-state index in [2.05, 4.69) is 0 Å². The van der Waals surface area contributed by atoms with Crippen LogP contribution in [0.1, 0.15) is 31.4 Å². The molecule has 0 aliphatic carbocycles. The third kappa shape index (κ3) is 2.98. The first-order chi connectivity index (χ1) is 15.1. The number of rotatable bonds is 5. The topological polar surface area (TPSA) is 125 Å². The lowest BCUT2D eigenvalue weighted by Crippen LogP contribution is -2.60. The van der Waals surface area contributed by atoms with Gasteiger partial charge >= 0.3 is 11.7 Å². The molecule has 32 heavy (non-hydrogen) atoms. The molecule has 2 aliphatic heterocycles. The molecule has 2 heterocycles. The van der Waals surface area contributed by atoms with Gasteiger partial charge in [-0.1, -0.05) is 18.2 Å². The monoisotopic (exact) mass is 439 g/mol. The quantitative estimate of drug-likeness (QED) is 0.389. The number of carbonyl (C=O) groups is 1. The maximum absolute atomic E-state index is 11.9. The summed E-state index contributed by atoms with van der Waals surface area (Å²) in [6.07, 6.45) is 3.44. The van der Waals surface area contributed by atoms with Gasteiger partial charge in [0, 0.05) is 23.9 Å². The Bertz CT molecular complexity index is 1170. The molecule has 1 spiro atoms. The van der Waals surface area contributed by atoms with Crippen molar-refractivity contribution in [3.63, 3.8) is 0 Å². The minimum atomic E-state index is -1.20. The van der Waals surface area contributed by atoms with Gasteiger partial charge in [0.1, 0.15) is 0 Å². The Labute approximate surface area is 183 Å². The van der Waals surface area contributed by atoms with Gasteiger partial charge in [-0.25, -0.2) is 0 Å². The fourth-order valence-corrected chi connectivity index (χ4v) is 4.51. The number of anilines is 1. The Morgan fingerprint density at radius 1 is 1.16 bits per heavy atom. The van der Waals surface area contributed by atoms with Gasteiger partial charge in [0.05, 0.1) is 34.9 Å². The number of non-ortho nitro benzene ring substituents is 1. The van der Waals surface area contributed by atoms with Crippen molar-refractivity contribution in [1.29, 1.82) is 0 Å². The van der Waals surface area contributed by atoms with Crippen LogP contribution in [0.4, 0.5) is 17.1 Å². The van der Waals surface area contributed by atoms with Crippen molar-refractivity contribution in [2.75, 3.05) is 18.6 Å². The largest absolute Gasteiger partial charge is 0.469 e. The highest BCUT2D eigenvalue weighted by Crippen LogP contribution is 2.56. The number of para-hydroxylation sites is 1. The fourth-order valence-electron chi connectivity index (χ4n) is 4.51. The Hall–Kier alpha value is -3.95. The van der Waals surface area contributed by atoms with Gasteiger partial charge in [-0.05, 0) is 37.6 Å². The summed E-state index contributed by atoms with van der Waals surface area (Å²) in [7, 11) is 1.31. The zero-order chi connectivity index (χ0) is 23.3. The molecule has 166 valence electrons. The van der Waals surface area contributed by atoms with Crippen LogP contribution in [0.3, 0.4) is 0 Å². The van der Waals surface area contributed by atoms with Crippen LogP contribution in [0, 0.1) is 20.2 Å². The van der Waals surface area contributed by atoms with Gasteiger partial charge in [-0.3, -0.25) is 25.0 Å². The van der Waals surface area contributed by atoms with Crippen LogP contribution in [-0.4, -0.2) is 35.2 Å². The average Bonchev–Trinajstić information content (AvgIpc) is 2.94. The maximum atomic E-state index is 11.9. The highest BCUT2D eigenvalue weighted by Gasteiger charge is 2.59. The second kappa shape index (κ2) is 7.33. The van der Waals surface area contributed by atoms with Crippen LogP contribution >= 0.6 is 0 Å². The molecule has 10 heteroatoms. The van der Waals surface area contributed by atoms with Crippen LogP contribution in [-0.2, 0) is 14.9 Å². The van der Waals surface area contributed by atoms with Gasteiger partial charge in [-0.15, -0.1) is 0 Å². The van der Waals surface area contributed by atoms with E-state index in [1.165, 1.54) is 13.2 Å². The van der Waals surface area contributed by atoms with E-state index in [-0.39, 0.29) is 24.3 Å². The zero-order valence-electron chi connectivity index (χ0n) is 17.7. The van der Waals surface area contributed by atoms with Crippen molar-refractivity contribution in [3.05, 3.63) is 73.8 Å². The SMILES string of the molecule is COC(=O)CCN1c2ccccc2C(C)(C)C12C=Cc1cc([N+](=O)[O-])cc([N+](=O)[O-])c1O2. The number of nitro benzene ring substituents is 2. The first-order valence-electron chi connectivity index (χ1n) is 9.91. The Kier molecular flexibility index (Phi) is 4.87. The Balaban J connectivity index is 1.89. The van der Waals surface area contributed by atoms with Gasteiger partial charge in [0.25, 0.3) is 5.69 Å². The van der Waals surface area contributed by atoms with E-state index < -0.39 is 38.3 Å². The maximum Gasteiger partial charge on any atom is 0.318 e. The van der Waals surface area contributed by atoms with E-state index in [1.54, 1.807) is 12.2 Å². The standard InChI is InChI=1S/C22H21N3O7/c1-21(2)16-6-4-5-7-17(16)23(11-9-19(26)31-3)22(21)10-8-14-12-15(24(27)28)13-18(25(29)30)20(14)32-22/h4-8,10,12-13H,9,11H2,1-3H3. The lowest BCUT2D eigenvalue weighted by Gasteiger charge is -2.46. The lowest BCUT2D eigenvalue weighted by atomic mass is 9.76. The number of hydrogen-bond donors (Lipinski definition) is 0. The van der Waals surface area contributed by atoms with Gasteiger partial charge < -0.3 is 14.4 Å². The molecule has 0 N–H and O–H groups in total. The zero-order valence-corrected chi connectivity index (χ0v) is 17.7. The number of esters is 1. The summed E-state index contributed by atoms with van der Waals surface area (Å²) in [6, 6.07) is 9.77. The first kappa shape index (κ1) is 21.3. The van der Waals surface area contributed by atoms with E-state index in [0.717, 1.165) is 17.3 Å². The van der Waals surface area contributed by atoms with E-state index in [1.807, 2.05) is 43.0 Å². The number of nitrogens with zero attached hydrogens (tertiary/aromatic N) is 3. The normalized spacial score (nSPS) is 19.8. The summed E-state index contributed by atoms with van der Waals surface area (Å²) < 4.78 is 11.2. The molecule has 2 aromatic carbocycles. The van der Waals surface area contributed by atoms with Crippen LogP contribution < -0.4 is 9.64 Å². The highest BCUT2D eigenvalue weighted by atomic mass is 16.6. The van der Waals surface area contributed by atoms with Crippen molar-refractivity contribution in [1.82, 2.24) is 0 Å². The summed E-state index contributed by atoms with van der Waals surface area (Å²) in [4.78, 5) is 35.5. The fraction of sp³-hybridized carbons (Fsp3) is 0.318. The molecular weight excluding hydrogens is 418 g/mol. The van der Waals surface area contributed by atoms with Crippen molar-refractivity contribution < 1.29 is 24.1 Å². The predicted octanol–water partition coefficient (Wildman–Crippen LogP) is 3.97. The molecular formula is C22H21N3O7. The summed E-state index contributed by atoms with van der Waals surface area (Å²) in [5, 5.41) is 23.0. The molecule has 0 aromatic heterocycles. The van der Waals surface area contributed by atoms with Crippen molar-refractivity contribution in [2.45, 2.75) is 31.4 Å². The second-order valence-electron chi connectivity index (χ2n) is 8.15. The molecule has 0 saturated carbocycles. The van der Waals surface area contributed by atoms with E-state index >= 15 is 0 Å². The van der Waals surface area contributed by atoms with E-state index in [9.17, 15) is 25.0 Å². The first-order valence-corrected chi connectivity index (χ1v) is 9.91. The molecule has 10 nitrogen and oxygen atoms in total. The lowest BCUT2D eigenvalue weighted by molar-refractivity contribution is -0.395. The van der Waals surface area contributed by atoms with Crippen LogP contribution in [0.15, 0.2) is 42.5 Å². The van der Waals surface area contributed by atoms with Crippen molar-refractivity contribution in [3.8, 4) is 5.75 Å². The number of carbonyl (C=O) groups excluding carboxylic acids is 1. The number of nitro groups is 2. The summed E-state index contributed by atoms with van der Waals surface area (Å²) in [5.41, 5.74) is -0.728. The average molecular weight is 439 g/mol. The number of benzene rings is 2. The van der Waals surface area contributed by atoms with Crippen molar-refractivity contribution >= 4 is 29.1 Å². The number of hydrogen-bond acceptors (Lipinski definition) is 8. The molecule has 0 amide bonds. The van der Waals surface area contributed by atoms with Gasteiger partial charge in [-0.2, -0.15) is 0 Å². The Morgan fingerprint density at radius 2 is 1.88 bits per heavy atom. The minimum Gasteiger partial charge on any atom is -0.469 e.